The quantitative estimate of drug-likeness (QED) is 0.288. The molecule has 3 N–H and O–H groups in total. The summed E-state index contributed by atoms with van der Waals surface area (Å²) in [7, 11) is 0. The van der Waals surface area contributed by atoms with E-state index >= 15 is 0 Å². The number of hydrogen-bond donors (Lipinski definition) is 3. The number of aromatic carboxylic acids is 1. The molecule has 178 valence electrons. The molecule has 2 heterocycles. The number of para-hydroxylation sites is 1. The number of aromatic hydroxyl groups is 1. The largest absolute Gasteiger partial charge is 0.505 e. The van der Waals surface area contributed by atoms with E-state index in [1.54, 1.807) is 30.5 Å². The zero-order chi connectivity index (χ0) is 24.9. The van der Waals surface area contributed by atoms with Crippen LogP contribution in [-0.2, 0) is 11.8 Å². The van der Waals surface area contributed by atoms with Crippen LogP contribution in [0, 0.1) is 6.92 Å². The number of phenolic OH excluding ortho intramolecular Hbond substituents is 1. The molecule has 0 unspecified atom stereocenters. The van der Waals surface area contributed by atoms with Crippen molar-refractivity contribution in [2.75, 3.05) is 0 Å². The van der Waals surface area contributed by atoms with Gasteiger partial charge in [-0.2, -0.15) is 0 Å². The van der Waals surface area contributed by atoms with Crippen LogP contribution < -0.4 is 5.56 Å². The molecule has 0 atom stereocenters. The van der Waals surface area contributed by atoms with Crippen LogP contribution in [0.3, 0.4) is 0 Å². The number of aromatic nitrogens is 2. The number of carbonyl (C=O) groups is 1. The predicted octanol–water partition coefficient (Wildman–Crippen LogP) is 6.25. The van der Waals surface area contributed by atoms with E-state index in [1.807, 2.05) is 6.07 Å². The number of rotatable bonds is 5. The maximum Gasteiger partial charge on any atom is 0.345 e. The molecule has 4 aromatic rings. The molecule has 0 aliphatic heterocycles. The lowest BCUT2D eigenvalue weighted by molar-refractivity contribution is 0.0702. The van der Waals surface area contributed by atoms with Gasteiger partial charge in [-0.15, -0.1) is 21.6 Å². The Kier molecular flexibility index (Phi) is 5.44. The first kappa shape index (κ1) is 22.8. The van der Waals surface area contributed by atoms with Gasteiger partial charge in [-0.3, -0.25) is 9.89 Å². The fraction of sp³-hybridized carbons (Fsp3) is 0.231. The van der Waals surface area contributed by atoms with E-state index in [4.69, 9.17) is 5.11 Å². The summed E-state index contributed by atoms with van der Waals surface area (Å²) in [5, 5.41) is 33.0. The second-order valence-corrected chi connectivity index (χ2v) is 10.2. The summed E-state index contributed by atoms with van der Waals surface area (Å²) in [6, 6.07) is 12.5. The molecule has 0 radical (unpaired) electrons. The highest BCUT2D eigenvalue weighted by molar-refractivity contribution is 7.12. The lowest BCUT2D eigenvalue weighted by Crippen LogP contribution is -2.16. The van der Waals surface area contributed by atoms with Crippen LogP contribution >= 0.6 is 11.3 Å². The van der Waals surface area contributed by atoms with Crippen LogP contribution in [0.15, 0.2) is 62.9 Å². The van der Waals surface area contributed by atoms with E-state index in [1.165, 1.54) is 21.9 Å². The standard InChI is InChI=1S/C26H24N4O4S/c1-14-22(24(32)30(29-14)17-8-7-15-9-10-26(2,3)19(15)12-17)28-27-20-6-4-5-18(23(20)31)16-11-21(25(33)34)35-13-16/h4-8,11-13,29,31H,9-10H2,1-3H3,(H,33,34). The molecule has 0 saturated heterocycles. The Labute approximate surface area is 205 Å². The van der Waals surface area contributed by atoms with Crippen molar-refractivity contribution in [3.63, 3.8) is 0 Å². The Morgan fingerprint density at radius 3 is 2.71 bits per heavy atom. The Hall–Kier alpha value is -3.98. The van der Waals surface area contributed by atoms with Crippen molar-refractivity contribution >= 4 is 28.7 Å². The average molecular weight is 489 g/mol. The summed E-state index contributed by atoms with van der Waals surface area (Å²) >= 11 is 1.08. The van der Waals surface area contributed by atoms with Gasteiger partial charge in [0, 0.05) is 5.56 Å². The second-order valence-electron chi connectivity index (χ2n) is 9.33. The van der Waals surface area contributed by atoms with Crippen LogP contribution in [0.25, 0.3) is 16.8 Å². The number of benzene rings is 2. The fourth-order valence-corrected chi connectivity index (χ4v) is 5.25. The summed E-state index contributed by atoms with van der Waals surface area (Å²) in [4.78, 5) is 24.5. The highest BCUT2D eigenvalue weighted by Gasteiger charge is 2.30. The van der Waals surface area contributed by atoms with Crippen molar-refractivity contribution in [1.29, 1.82) is 0 Å². The van der Waals surface area contributed by atoms with E-state index in [-0.39, 0.29) is 33.0 Å². The molecule has 0 fully saturated rings. The molecule has 0 spiro atoms. The molecule has 0 bridgehead atoms. The monoisotopic (exact) mass is 488 g/mol. The van der Waals surface area contributed by atoms with Gasteiger partial charge in [0.25, 0.3) is 5.56 Å². The minimum Gasteiger partial charge on any atom is -0.505 e. The Morgan fingerprint density at radius 1 is 1.17 bits per heavy atom. The number of hydrogen-bond acceptors (Lipinski definition) is 6. The van der Waals surface area contributed by atoms with Gasteiger partial charge in [0.1, 0.15) is 10.6 Å². The first-order valence-corrected chi connectivity index (χ1v) is 12.0. The number of carboxylic acid groups (broad SMARTS) is 1. The number of nitrogens with zero attached hydrogens (tertiary/aromatic N) is 3. The number of aryl methyl sites for hydroxylation is 2. The van der Waals surface area contributed by atoms with Gasteiger partial charge in [-0.05, 0) is 71.5 Å². The number of thiophene rings is 1. The lowest BCUT2D eigenvalue weighted by Gasteiger charge is -2.19. The molecule has 2 aromatic heterocycles. The maximum atomic E-state index is 13.2. The van der Waals surface area contributed by atoms with Crippen molar-refractivity contribution in [3.8, 4) is 22.6 Å². The van der Waals surface area contributed by atoms with E-state index in [9.17, 15) is 14.7 Å². The molecule has 2 aromatic carbocycles. The summed E-state index contributed by atoms with van der Waals surface area (Å²) in [5.74, 6) is -1.16. The minimum atomic E-state index is -1.03. The van der Waals surface area contributed by atoms with Crippen LogP contribution in [0.1, 0.15) is 46.8 Å². The third-order valence-electron chi connectivity index (χ3n) is 6.53. The van der Waals surface area contributed by atoms with Gasteiger partial charge in [0.2, 0.25) is 0 Å². The highest BCUT2D eigenvalue weighted by Crippen LogP contribution is 2.40. The van der Waals surface area contributed by atoms with E-state index in [0.717, 1.165) is 29.9 Å². The molecular formula is C26H24N4O4S. The normalized spacial score (nSPS) is 14.5. The van der Waals surface area contributed by atoms with Gasteiger partial charge in [-0.25, -0.2) is 9.48 Å². The number of nitrogens with one attached hydrogen (secondary N) is 1. The first-order chi connectivity index (χ1) is 16.7. The molecule has 0 amide bonds. The number of azo groups is 1. The maximum absolute atomic E-state index is 13.2. The number of aromatic amines is 1. The van der Waals surface area contributed by atoms with E-state index in [2.05, 4.69) is 41.3 Å². The van der Waals surface area contributed by atoms with Crippen LogP contribution in [-0.4, -0.2) is 26.0 Å². The van der Waals surface area contributed by atoms with E-state index < -0.39 is 5.97 Å². The second kappa shape index (κ2) is 8.35. The van der Waals surface area contributed by atoms with Crippen molar-refractivity contribution in [2.45, 2.75) is 39.0 Å². The van der Waals surface area contributed by atoms with Crippen molar-refractivity contribution in [2.24, 2.45) is 10.2 Å². The Bertz CT molecular complexity index is 1560. The third kappa shape index (κ3) is 3.97. The summed E-state index contributed by atoms with van der Waals surface area (Å²) in [5.41, 5.74) is 4.93. The smallest absolute Gasteiger partial charge is 0.345 e. The molecule has 1 aliphatic rings. The molecule has 9 heteroatoms. The van der Waals surface area contributed by atoms with Crippen LogP contribution in [0.5, 0.6) is 5.75 Å². The van der Waals surface area contributed by atoms with Crippen molar-refractivity contribution in [3.05, 3.63) is 79.9 Å². The highest BCUT2D eigenvalue weighted by atomic mass is 32.1. The van der Waals surface area contributed by atoms with Gasteiger partial charge < -0.3 is 10.2 Å². The average Bonchev–Trinajstić information content (AvgIpc) is 3.50. The SMILES string of the molecule is Cc1[nH]n(-c2ccc3c(c2)C(C)(C)CC3)c(=O)c1N=Nc1cccc(-c2csc(C(=O)O)c2)c1O. The number of carboxylic acids is 1. The lowest BCUT2D eigenvalue weighted by atomic mass is 9.86. The third-order valence-corrected chi connectivity index (χ3v) is 7.45. The topological polar surface area (TPSA) is 120 Å². The zero-order valence-corrected chi connectivity index (χ0v) is 20.3. The summed E-state index contributed by atoms with van der Waals surface area (Å²) < 4.78 is 1.47. The summed E-state index contributed by atoms with van der Waals surface area (Å²) in [6.45, 7) is 6.17. The minimum absolute atomic E-state index is 0.0648. The van der Waals surface area contributed by atoms with E-state index in [0.29, 0.717) is 16.8 Å². The first-order valence-electron chi connectivity index (χ1n) is 11.2. The molecule has 1 aliphatic carbocycles. The molecular weight excluding hydrogens is 464 g/mol. The fourth-order valence-electron chi connectivity index (χ4n) is 4.51. The Morgan fingerprint density at radius 2 is 1.97 bits per heavy atom. The zero-order valence-electron chi connectivity index (χ0n) is 19.5. The van der Waals surface area contributed by atoms with Crippen molar-refractivity contribution in [1.82, 2.24) is 9.78 Å². The van der Waals surface area contributed by atoms with Crippen LogP contribution in [0.2, 0.25) is 0 Å². The molecule has 0 saturated carbocycles. The summed E-state index contributed by atoms with van der Waals surface area (Å²) in [6.07, 6.45) is 2.11. The molecule has 35 heavy (non-hydrogen) atoms. The van der Waals surface area contributed by atoms with Gasteiger partial charge in [-0.1, -0.05) is 32.0 Å². The number of phenols is 1. The van der Waals surface area contributed by atoms with Gasteiger partial charge in [0.05, 0.1) is 11.4 Å². The Balaban J connectivity index is 1.49. The van der Waals surface area contributed by atoms with Crippen molar-refractivity contribution < 1.29 is 15.0 Å². The molecule has 5 rings (SSSR count). The predicted molar refractivity (Wildman–Crippen MR) is 135 cm³/mol. The number of H-pyrrole nitrogens is 1. The van der Waals surface area contributed by atoms with Gasteiger partial charge in [0.15, 0.2) is 11.4 Å². The number of fused-ring (bicyclic) bond motifs is 1. The van der Waals surface area contributed by atoms with Gasteiger partial charge >= 0.3 is 5.97 Å². The molecule has 8 nitrogen and oxygen atoms in total. The van der Waals surface area contributed by atoms with Crippen LogP contribution in [0.4, 0.5) is 11.4 Å².